The van der Waals surface area contributed by atoms with Crippen molar-refractivity contribution in [2.45, 2.75) is 41.8 Å². The molecule has 6 atom stereocenters. The van der Waals surface area contributed by atoms with Crippen LogP contribution in [-0.4, -0.2) is 69.6 Å². The molecule has 1 unspecified atom stereocenters. The van der Waals surface area contributed by atoms with E-state index in [1.807, 2.05) is 24.3 Å². The van der Waals surface area contributed by atoms with Gasteiger partial charge in [-0.2, -0.15) is 0 Å². The van der Waals surface area contributed by atoms with Crippen LogP contribution in [-0.2, 0) is 19.1 Å². The Bertz CT molecular complexity index is 1060. The van der Waals surface area contributed by atoms with Gasteiger partial charge in [-0.1, -0.05) is 35.9 Å². The van der Waals surface area contributed by atoms with Gasteiger partial charge in [0.2, 0.25) is 5.91 Å². The first-order chi connectivity index (χ1) is 16.4. The van der Waals surface area contributed by atoms with Crippen LogP contribution >= 0.6 is 23.4 Å². The fraction of sp³-hybridized carbons (Fsp3) is 0.480. The Balaban J connectivity index is 1.63. The van der Waals surface area contributed by atoms with E-state index < -0.39 is 34.6 Å². The second-order valence-corrected chi connectivity index (χ2v) is 11.1. The zero-order valence-corrected chi connectivity index (χ0v) is 20.4. The number of thioether (sulfide) groups is 1. The number of benzene rings is 1. The molecule has 4 heterocycles. The Labute approximate surface area is 207 Å². The lowest BCUT2D eigenvalue weighted by Crippen LogP contribution is -2.56. The lowest BCUT2D eigenvalue weighted by molar-refractivity contribution is -0.153. The predicted molar refractivity (Wildman–Crippen MR) is 131 cm³/mol. The third-order valence-electron chi connectivity index (χ3n) is 7.17. The Morgan fingerprint density at radius 3 is 2.71 bits per heavy atom. The zero-order valence-electron chi connectivity index (χ0n) is 18.8. The number of cyclic esters (lactones) is 1. The quantitative estimate of drug-likeness (QED) is 0.505. The van der Waals surface area contributed by atoms with Crippen LogP contribution in [0.3, 0.4) is 0 Å². The highest BCUT2D eigenvalue weighted by Gasteiger charge is 2.71. The van der Waals surface area contributed by atoms with Gasteiger partial charge in [0, 0.05) is 22.5 Å². The third kappa shape index (κ3) is 3.58. The van der Waals surface area contributed by atoms with Crippen molar-refractivity contribution in [2.75, 3.05) is 24.7 Å². The average Bonchev–Trinajstić information content (AvgIpc) is 3.24. The molecular weight excluding hydrogens is 476 g/mol. The number of ether oxygens (including phenoxy) is 1. The minimum Gasteiger partial charge on any atom is -0.465 e. The maximum atomic E-state index is 14.1. The van der Waals surface area contributed by atoms with Crippen molar-refractivity contribution in [1.82, 2.24) is 4.90 Å². The number of likely N-dealkylation sites (tertiary alicyclic amines) is 1. The molecule has 0 aliphatic carbocycles. The standard InChI is InChI=1S/C25H27ClN2O5S/c1-15(14-29)28-21-23(31)27(17-9-7-16(26)8-10-17)12-5-11-25(21)20(22(28)30)19-18(34-25)6-3-2-4-13-33-24(19)32/h3,5-11,15,18-21,29H,2,4,12-14H2,1H3/b6-3-/t15-,18-,19+,20+,21?,25+/m1/s1. The molecule has 1 spiro atoms. The first-order valence-electron chi connectivity index (χ1n) is 11.6. The average molecular weight is 503 g/mol. The first kappa shape index (κ1) is 23.5. The number of amides is 2. The molecule has 5 rings (SSSR count). The number of aliphatic hydroxyl groups is 1. The van der Waals surface area contributed by atoms with Crippen molar-refractivity contribution in [3.8, 4) is 0 Å². The van der Waals surface area contributed by atoms with Crippen LogP contribution in [0, 0.1) is 11.8 Å². The normalized spacial score (nSPS) is 34.9. The Morgan fingerprint density at radius 2 is 1.97 bits per heavy atom. The van der Waals surface area contributed by atoms with Crippen LogP contribution < -0.4 is 4.90 Å². The molecule has 1 N–H and O–H groups in total. The monoisotopic (exact) mass is 502 g/mol. The number of nitrogens with zero attached hydrogens (tertiary/aromatic N) is 2. The number of esters is 1. The molecule has 2 amide bonds. The van der Waals surface area contributed by atoms with Crippen LogP contribution in [0.4, 0.5) is 5.69 Å². The van der Waals surface area contributed by atoms with E-state index in [1.165, 1.54) is 16.7 Å². The van der Waals surface area contributed by atoms with E-state index in [1.54, 1.807) is 36.1 Å². The van der Waals surface area contributed by atoms with Gasteiger partial charge in [0.25, 0.3) is 5.91 Å². The summed E-state index contributed by atoms with van der Waals surface area (Å²) in [4.78, 5) is 44.4. The lowest BCUT2D eigenvalue weighted by atomic mass is 9.78. The molecule has 0 saturated carbocycles. The predicted octanol–water partition coefficient (Wildman–Crippen LogP) is 2.81. The Morgan fingerprint density at radius 1 is 1.21 bits per heavy atom. The van der Waals surface area contributed by atoms with Crippen molar-refractivity contribution in [3.05, 3.63) is 53.6 Å². The summed E-state index contributed by atoms with van der Waals surface area (Å²) in [5.74, 6) is -2.35. The summed E-state index contributed by atoms with van der Waals surface area (Å²) >= 11 is 7.55. The summed E-state index contributed by atoms with van der Waals surface area (Å²) < 4.78 is 4.61. The number of anilines is 1. The fourth-order valence-electron chi connectivity index (χ4n) is 5.61. The number of allylic oxidation sites excluding steroid dienone is 1. The van der Waals surface area contributed by atoms with Gasteiger partial charge in [-0.25, -0.2) is 0 Å². The highest BCUT2D eigenvalue weighted by molar-refractivity contribution is 8.02. The molecule has 2 saturated heterocycles. The molecule has 0 aromatic heterocycles. The number of carbonyl (C=O) groups is 3. The maximum Gasteiger partial charge on any atom is 0.311 e. The van der Waals surface area contributed by atoms with Gasteiger partial charge in [0.15, 0.2) is 0 Å². The number of fused-ring (bicyclic) bond motifs is 2. The van der Waals surface area contributed by atoms with Crippen molar-refractivity contribution < 1.29 is 24.2 Å². The minimum absolute atomic E-state index is 0.236. The number of aliphatic hydroxyl groups excluding tert-OH is 1. The molecule has 34 heavy (non-hydrogen) atoms. The largest absolute Gasteiger partial charge is 0.465 e. The van der Waals surface area contributed by atoms with E-state index in [-0.39, 0.29) is 23.7 Å². The summed E-state index contributed by atoms with van der Waals surface area (Å²) in [7, 11) is 0. The molecule has 4 aliphatic rings. The van der Waals surface area contributed by atoms with E-state index in [4.69, 9.17) is 16.3 Å². The molecule has 1 aromatic rings. The van der Waals surface area contributed by atoms with Gasteiger partial charge in [0.1, 0.15) is 6.04 Å². The first-order valence-corrected chi connectivity index (χ1v) is 12.8. The number of halogens is 1. The second kappa shape index (κ2) is 9.06. The summed E-state index contributed by atoms with van der Waals surface area (Å²) in [6, 6.07) is 5.56. The lowest BCUT2D eigenvalue weighted by Gasteiger charge is -2.37. The van der Waals surface area contributed by atoms with Gasteiger partial charge in [0.05, 0.1) is 35.8 Å². The molecular formula is C25H27ClN2O5S. The molecule has 7 nitrogen and oxygen atoms in total. The summed E-state index contributed by atoms with van der Waals surface area (Å²) in [5.41, 5.74) is 0.674. The van der Waals surface area contributed by atoms with Crippen molar-refractivity contribution in [2.24, 2.45) is 11.8 Å². The summed E-state index contributed by atoms with van der Waals surface area (Å²) in [6.07, 6.45) is 9.43. The van der Waals surface area contributed by atoms with Gasteiger partial charge < -0.3 is 19.6 Å². The molecule has 9 heteroatoms. The third-order valence-corrected chi connectivity index (χ3v) is 9.16. The van der Waals surface area contributed by atoms with Gasteiger partial charge in [-0.3, -0.25) is 14.4 Å². The molecule has 1 aromatic carbocycles. The van der Waals surface area contributed by atoms with Gasteiger partial charge >= 0.3 is 5.97 Å². The topological polar surface area (TPSA) is 87.2 Å². The van der Waals surface area contributed by atoms with Gasteiger partial charge in [-0.15, -0.1) is 11.8 Å². The zero-order chi connectivity index (χ0) is 24.0. The minimum atomic E-state index is -0.934. The smallest absolute Gasteiger partial charge is 0.311 e. The number of hydrogen-bond acceptors (Lipinski definition) is 6. The Kier molecular flexibility index (Phi) is 6.25. The number of rotatable bonds is 3. The number of carbonyl (C=O) groups excluding carboxylic acids is 3. The fourth-order valence-corrected chi connectivity index (χ4v) is 7.72. The van der Waals surface area contributed by atoms with E-state index >= 15 is 0 Å². The van der Waals surface area contributed by atoms with E-state index in [2.05, 4.69) is 0 Å². The Hall–Kier alpha value is -2.29. The van der Waals surface area contributed by atoms with Crippen molar-refractivity contribution >= 4 is 46.8 Å². The summed E-state index contributed by atoms with van der Waals surface area (Å²) in [6.45, 7) is 2.08. The highest BCUT2D eigenvalue weighted by atomic mass is 35.5. The van der Waals surface area contributed by atoms with Gasteiger partial charge in [-0.05, 0) is 44.0 Å². The van der Waals surface area contributed by atoms with Crippen LogP contribution in [0.1, 0.15) is 19.8 Å². The van der Waals surface area contributed by atoms with E-state index in [0.717, 1.165) is 12.8 Å². The number of hydrogen-bond donors (Lipinski definition) is 1. The molecule has 180 valence electrons. The second-order valence-electron chi connectivity index (χ2n) is 9.18. The molecule has 0 bridgehead atoms. The SMILES string of the molecule is C[C@H](CO)N1C(=O)[C@@H]2[C@H]3C(=O)OCCC/C=C\[C@H]3S[C@@]23C=CCN(c2ccc(Cl)cc2)C(=O)C13. The van der Waals surface area contributed by atoms with Crippen LogP contribution in [0.5, 0.6) is 0 Å². The maximum absolute atomic E-state index is 14.1. The van der Waals surface area contributed by atoms with Crippen molar-refractivity contribution in [1.29, 1.82) is 0 Å². The van der Waals surface area contributed by atoms with Crippen LogP contribution in [0.25, 0.3) is 0 Å². The highest BCUT2D eigenvalue weighted by Crippen LogP contribution is 2.61. The molecule has 2 fully saturated rings. The van der Waals surface area contributed by atoms with E-state index in [0.29, 0.717) is 23.9 Å². The molecule has 0 radical (unpaired) electrons. The molecule has 4 aliphatic heterocycles. The summed E-state index contributed by atoms with van der Waals surface area (Å²) in [5, 5.41) is 10.3. The van der Waals surface area contributed by atoms with Crippen molar-refractivity contribution in [3.63, 3.8) is 0 Å². The van der Waals surface area contributed by atoms with Crippen LogP contribution in [0.15, 0.2) is 48.6 Å². The van der Waals surface area contributed by atoms with Crippen LogP contribution in [0.2, 0.25) is 5.02 Å². The van der Waals surface area contributed by atoms with E-state index in [9.17, 15) is 19.5 Å².